The molecule has 106 valence electrons. The van der Waals surface area contributed by atoms with E-state index < -0.39 is 0 Å². The molecular weight excluding hydrogens is 312 g/mol. The average Bonchev–Trinajstić information content (AvgIpc) is 2.40. The van der Waals surface area contributed by atoms with E-state index in [2.05, 4.69) is 78.4 Å². The van der Waals surface area contributed by atoms with E-state index in [-0.39, 0.29) is 6.04 Å². The number of anilines is 1. The van der Waals surface area contributed by atoms with Gasteiger partial charge in [-0.1, -0.05) is 29.8 Å². The van der Waals surface area contributed by atoms with Gasteiger partial charge in [0.2, 0.25) is 0 Å². The third kappa shape index (κ3) is 3.41. The summed E-state index contributed by atoms with van der Waals surface area (Å²) >= 11 is 3.59. The third-order valence-electron chi connectivity index (χ3n) is 3.49. The molecule has 1 unspecified atom stereocenters. The van der Waals surface area contributed by atoms with E-state index in [1.54, 1.807) is 0 Å². The van der Waals surface area contributed by atoms with Gasteiger partial charge < -0.3 is 11.1 Å². The minimum Gasteiger partial charge on any atom is -0.376 e. The summed E-state index contributed by atoms with van der Waals surface area (Å²) in [7, 11) is 0. The molecule has 0 spiro atoms. The van der Waals surface area contributed by atoms with Crippen molar-refractivity contribution in [3.63, 3.8) is 0 Å². The number of nitrogens with one attached hydrogen (secondary N) is 1. The van der Waals surface area contributed by atoms with Crippen molar-refractivity contribution in [1.82, 2.24) is 0 Å². The fraction of sp³-hybridized carbons (Fsp3) is 0.294. The summed E-state index contributed by atoms with van der Waals surface area (Å²) in [5.41, 5.74) is 12.1. The Morgan fingerprint density at radius 2 is 1.70 bits per heavy atom. The SMILES string of the molecule is Cc1ccc(C(CN)Nc2cc(C)ccc2Br)c(C)c1. The van der Waals surface area contributed by atoms with Crippen LogP contribution < -0.4 is 11.1 Å². The highest BCUT2D eigenvalue weighted by molar-refractivity contribution is 9.10. The van der Waals surface area contributed by atoms with E-state index in [9.17, 15) is 0 Å². The molecule has 0 heterocycles. The highest BCUT2D eigenvalue weighted by Gasteiger charge is 2.13. The highest BCUT2D eigenvalue weighted by atomic mass is 79.9. The maximum atomic E-state index is 5.97. The Balaban J connectivity index is 2.31. The van der Waals surface area contributed by atoms with Crippen molar-refractivity contribution in [3.8, 4) is 0 Å². The summed E-state index contributed by atoms with van der Waals surface area (Å²) in [5.74, 6) is 0. The van der Waals surface area contributed by atoms with Crippen LogP contribution >= 0.6 is 15.9 Å². The van der Waals surface area contributed by atoms with Gasteiger partial charge in [-0.2, -0.15) is 0 Å². The largest absolute Gasteiger partial charge is 0.376 e. The van der Waals surface area contributed by atoms with Crippen LogP contribution in [0, 0.1) is 20.8 Å². The second-order valence-electron chi connectivity index (χ2n) is 5.28. The first kappa shape index (κ1) is 15.1. The zero-order valence-corrected chi connectivity index (χ0v) is 13.8. The number of aryl methyl sites for hydroxylation is 3. The van der Waals surface area contributed by atoms with Gasteiger partial charge in [-0.25, -0.2) is 0 Å². The van der Waals surface area contributed by atoms with Gasteiger partial charge in [0.05, 0.1) is 6.04 Å². The molecule has 3 N–H and O–H groups in total. The number of hydrogen-bond acceptors (Lipinski definition) is 2. The molecule has 0 radical (unpaired) electrons. The predicted molar refractivity (Wildman–Crippen MR) is 90.2 cm³/mol. The summed E-state index contributed by atoms with van der Waals surface area (Å²) in [6.07, 6.45) is 0. The van der Waals surface area contributed by atoms with Gasteiger partial charge in [0.25, 0.3) is 0 Å². The zero-order valence-electron chi connectivity index (χ0n) is 12.2. The second-order valence-corrected chi connectivity index (χ2v) is 6.13. The molecule has 2 nitrogen and oxygen atoms in total. The van der Waals surface area contributed by atoms with Crippen molar-refractivity contribution < 1.29 is 0 Å². The molecule has 0 aliphatic heterocycles. The molecule has 20 heavy (non-hydrogen) atoms. The van der Waals surface area contributed by atoms with Crippen LogP contribution in [-0.2, 0) is 0 Å². The van der Waals surface area contributed by atoms with Crippen molar-refractivity contribution in [2.75, 3.05) is 11.9 Å². The van der Waals surface area contributed by atoms with Crippen LogP contribution in [0.25, 0.3) is 0 Å². The zero-order chi connectivity index (χ0) is 14.7. The molecule has 2 rings (SSSR count). The van der Waals surface area contributed by atoms with E-state index in [1.807, 2.05) is 0 Å². The Hall–Kier alpha value is -1.32. The van der Waals surface area contributed by atoms with Crippen molar-refractivity contribution in [2.24, 2.45) is 5.73 Å². The molecule has 2 aromatic carbocycles. The summed E-state index contributed by atoms with van der Waals surface area (Å²) in [6, 6.07) is 12.9. The Labute approximate surface area is 129 Å². The second kappa shape index (κ2) is 6.42. The summed E-state index contributed by atoms with van der Waals surface area (Å²) < 4.78 is 1.06. The number of benzene rings is 2. The standard InChI is InChI=1S/C17H21BrN2/c1-11-4-6-14(13(3)8-11)17(10-19)20-16-9-12(2)5-7-15(16)18/h4-9,17,20H,10,19H2,1-3H3. The lowest BCUT2D eigenvalue weighted by Crippen LogP contribution is -2.21. The predicted octanol–water partition coefficient (Wildman–Crippen LogP) is 4.49. The van der Waals surface area contributed by atoms with E-state index in [0.29, 0.717) is 6.54 Å². The van der Waals surface area contributed by atoms with Crippen LogP contribution in [-0.4, -0.2) is 6.54 Å². The maximum absolute atomic E-state index is 5.97. The number of nitrogens with two attached hydrogens (primary N) is 1. The molecule has 0 saturated carbocycles. The number of hydrogen-bond donors (Lipinski definition) is 2. The van der Waals surface area contributed by atoms with Crippen LogP contribution in [0.2, 0.25) is 0 Å². The molecule has 0 saturated heterocycles. The molecule has 0 fully saturated rings. The van der Waals surface area contributed by atoms with E-state index in [0.717, 1.165) is 10.2 Å². The lowest BCUT2D eigenvalue weighted by Gasteiger charge is -2.22. The molecule has 0 aromatic heterocycles. The van der Waals surface area contributed by atoms with Crippen molar-refractivity contribution >= 4 is 21.6 Å². The monoisotopic (exact) mass is 332 g/mol. The third-order valence-corrected chi connectivity index (χ3v) is 4.18. The van der Waals surface area contributed by atoms with Gasteiger partial charge in [-0.05, 0) is 65.5 Å². The van der Waals surface area contributed by atoms with Crippen LogP contribution in [0.15, 0.2) is 40.9 Å². The molecule has 2 aromatic rings. The van der Waals surface area contributed by atoms with Crippen molar-refractivity contribution in [2.45, 2.75) is 26.8 Å². The quantitative estimate of drug-likeness (QED) is 0.865. The van der Waals surface area contributed by atoms with Crippen LogP contribution in [0.3, 0.4) is 0 Å². The summed E-state index contributed by atoms with van der Waals surface area (Å²) in [4.78, 5) is 0. The Bertz CT molecular complexity index is 608. The van der Waals surface area contributed by atoms with E-state index in [1.165, 1.54) is 22.3 Å². The average molecular weight is 333 g/mol. The maximum Gasteiger partial charge on any atom is 0.0639 e. The first-order valence-corrected chi connectivity index (χ1v) is 7.60. The van der Waals surface area contributed by atoms with E-state index in [4.69, 9.17) is 5.73 Å². The fourth-order valence-electron chi connectivity index (χ4n) is 2.42. The minimum absolute atomic E-state index is 0.119. The normalized spacial score (nSPS) is 12.2. The molecule has 3 heteroatoms. The lowest BCUT2D eigenvalue weighted by atomic mass is 9.99. The molecule has 0 aliphatic carbocycles. The highest BCUT2D eigenvalue weighted by Crippen LogP contribution is 2.28. The Kier molecular flexibility index (Phi) is 4.84. The van der Waals surface area contributed by atoms with Gasteiger partial charge in [0.15, 0.2) is 0 Å². The lowest BCUT2D eigenvalue weighted by molar-refractivity contribution is 0.782. The van der Waals surface area contributed by atoms with Crippen molar-refractivity contribution in [3.05, 3.63) is 63.1 Å². The van der Waals surface area contributed by atoms with Gasteiger partial charge in [0.1, 0.15) is 0 Å². The topological polar surface area (TPSA) is 38.0 Å². The van der Waals surface area contributed by atoms with Crippen LogP contribution in [0.1, 0.15) is 28.3 Å². The molecule has 0 amide bonds. The Morgan fingerprint density at radius 1 is 1.05 bits per heavy atom. The smallest absolute Gasteiger partial charge is 0.0639 e. The molecular formula is C17H21BrN2. The number of halogens is 1. The van der Waals surface area contributed by atoms with Crippen LogP contribution in [0.4, 0.5) is 5.69 Å². The summed E-state index contributed by atoms with van der Waals surface area (Å²) in [6.45, 7) is 6.90. The van der Waals surface area contributed by atoms with Gasteiger partial charge >= 0.3 is 0 Å². The minimum atomic E-state index is 0.119. The first-order valence-electron chi connectivity index (χ1n) is 6.81. The van der Waals surface area contributed by atoms with Gasteiger partial charge in [-0.3, -0.25) is 0 Å². The van der Waals surface area contributed by atoms with E-state index >= 15 is 0 Å². The number of rotatable bonds is 4. The Morgan fingerprint density at radius 3 is 2.35 bits per heavy atom. The van der Waals surface area contributed by atoms with Gasteiger partial charge in [0, 0.05) is 16.7 Å². The fourth-order valence-corrected chi connectivity index (χ4v) is 2.78. The van der Waals surface area contributed by atoms with Gasteiger partial charge in [-0.15, -0.1) is 0 Å². The molecule has 1 atom stereocenters. The molecule has 0 aliphatic rings. The first-order chi connectivity index (χ1) is 9.51. The summed E-state index contributed by atoms with van der Waals surface area (Å²) in [5, 5.41) is 3.54. The van der Waals surface area contributed by atoms with Crippen LogP contribution in [0.5, 0.6) is 0 Å². The van der Waals surface area contributed by atoms with Crippen molar-refractivity contribution in [1.29, 1.82) is 0 Å². The molecule has 0 bridgehead atoms.